The van der Waals surface area contributed by atoms with Crippen LogP contribution in [0.4, 0.5) is 0 Å². The first kappa shape index (κ1) is 17.1. The van der Waals surface area contributed by atoms with E-state index in [2.05, 4.69) is 17.0 Å². The van der Waals surface area contributed by atoms with Gasteiger partial charge in [0.1, 0.15) is 0 Å². The highest BCUT2D eigenvalue weighted by Gasteiger charge is 2.35. The van der Waals surface area contributed by atoms with Crippen molar-refractivity contribution in [2.24, 2.45) is 5.92 Å². The maximum absolute atomic E-state index is 12.6. The van der Waals surface area contributed by atoms with Gasteiger partial charge in [0.25, 0.3) is 10.2 Å². The van der Waals surface area contributed by atoms with Gasteiger partial charge in [0, 0.05) is 26.2 Å². The number of hydrogen-bond acceptors (Lipinski definition) is 4. The van der Waals surface area contributed by atoms with Crippen molar-refractivity contribution in [2.45, 2.75) is 51.2 Å². The summed E-state index contributed by atoms with van der Waals surface area (Å²) in [6.07, 6.45) is 4.88. The first-order valence-electron chi connectivity index (χ1n) is 8.07. The Morgan fingerprint density at radius 2 is 2.05 bits per heavy atom. The number of rotatable bonds is 7. The topological polar surface area (TPSA) is 70.7 Å². The fraction of sp³-hybridized carbons (Fsp3) is 1.00. The lowest BCUT2D eigenvalue weighted by atomic mass is 10.00. The first-order valence-corrected chi connectivity index (χ1v) is 9.51. The second-order valence-corrected chi connectivity index (χ2v) is 7.81. The Bertz CT molecular complexity index is 416. The van der Waals surface area contributed by atoms with E-state index >= 15 is 0 Å². The van der Waals surface area contributed by atoms with Gasteiger partial charge in [0.2, 0.25) is 0 Å². The Hall–Kier alpha value is -0.210. The van der Waals surface area contributed by atoms with Crippen LogP contribution in [0.3, 0.4) is 0 Å². The lowest BCUT2D eigenvalue weighted by Gasteiger charge is -2.33. The highest BCUT2D eigenvalue weighted by molar-refractivity contribution is 7.87. The van der Waals surface area contributed by atoms with Crippen LogP contribution in [0.15, 0.2) is 0 Å². The summed E-state index contributed by atoms with van der Waals surface area (Å²) in [4.78, 5) is 0. The third kappa shape index (κ3) is 4.63. The van der Waals surface area contributed by atoms with Gasteiger partial charge in [-0.15, -0.1) is 0 Å². The molecule has 0 amide bonds. The molecule has 3 atom stereocenters. The number of ether oxygens (including phenoxy) is 1. The summed E-state index contributed by atoms with van der Waals surface area (Å²) in [6.45, 7) is 5.14. The number of methoxy groups -OCH3 is 1. The molecule has 124 valence electrons. The molecule has 2 fully saturated rings. The zero-order valence-corrected chi connectivity index (χ0v) is 14.0. The molecule has 1 heterocycles. The van der Waals surface area contributed by atoms with E-state index in [1.54, 1.807) is 11.4 Å². The molecule has 1 saturated carbocycles. The Morgan fingerprint density at radius 3 is 2.76 bits per heavy atom. The number of piperidine rings is 1. The van der Waals surface area contributed by atoms with Crippen molar-refractivity contribution in [1.29, 1.82) is 0 Å². The van der Waals surface area contributed by atoms with Crippen molar-refractivity contribution in [3.8, 4) is 0 Å². The average molecular weight is 319 g/mol. The van der Waals surface area contributed by atoms with Gasteiger partial charge in [-0.2, -0.15) is 17.4 Å². The predicted octanol–water partition coefficient (Wildman–Crippen LogP) is 0.710. The van der Waals surface area contributed by atoms with Crippen LogP contribution < -0.4 is 10.0 Å². The highest BCUT2D eigenvalue weighted by Crippen LogP contribution is 2.24. The molecule has 0 radical (unpaired) electrons. The van der Waals surface area contributed by atoms with E-state index in [1.807, 2.05) is 0 Å². The van der Waals surface area contributed by atoms with Crippen LogP contribution in [0.5, 0.6) is 0 Å². The van der Waals surface area contributed by atoms with Crippen molar-refractivity contribution >= 4 is 10.2 Å². The number of nitrogens with one attached hydrogen (secondary N) is 2. The molecule has 2 rings (SSSR count). The summed E-state index contributed by atoms with van der Waals surface area (Å²) >= 11 is 0. The summed E-state index contributed by atoms with van der Waals surface area (Å²) in [5.41, 5.74) is 0. The Labute approximate surface area is 128 Å². The largest absolute Gasteiger partial charge is 0.380 e. The van der Waals surface area contributed by atoms with Gasteiger partial charge in [-0.1, -0.05) is 6.92 Å². The van der Waals surface area contributed by atoms with Crippen LogP contribution >= 0.6 is 0 Å². The molecule has 1 aliphatic heterocycles. The molecule has 21 heavy (non-hydrogen) atoms. The van der Waals surface area contributed by atoms with E-state index < -0.39 is 10.2 Å². The number of hydrogen-bond donors (Lipinski definition) is 2. The van der Waals surface area contributed by atoms with Crippen LogP contribution in [0.1, 0.15) is 39.0 Å². The van der Waals surface area contributed by atoms with Crippen LogP contribution in [-0.2, 0) is 14.9 Å². The van der Waals surface area contributed by atoms with Gasteiger partial charge in [-0.25, -0.2) is 0 Å². The molecule has 6 nitrogen and oxygen atoms in total. The van der Waals surface area contributed by atoms with Gasteiger partial charge >= 0.3 is 0 Å². The summed E-state index contributed by atoms with van der Waals surface area (Å²) in [6, 6.07) is -0.0749. The van der Waals surface area contributed by atoms with Crippen LogP contribution in [0, 0.1) is 5.92 Å². The number of nitrogens with zero attached hydrogens (tertiary/aromatic N) is 1. The predicted molar refractivity (Wildman–Crippen MR) is 83.3 cm³/mol. The maximum atomic E-state index is 12.6. The summed E-state index contributed by atoms with van der Waals surface area (Å²) in [5.74, 6) is 0.414. The third-order valence-corrected chi connectivity index (χ3v) is 6.17. The second-order valence-electron chi connectivity index (χ2n) is 6.11. The zero-order valence-electron chi connectivity index (χ0n) is 13.2. The Morgan fingerprint density at radius 1 is 1.24 bits per heavy atom. The van der Waals surface area contributed by atoms with Gasteiger partial charge in [0.15, 0.2) is 0 Å². The quantitative estimate of drug-likeness (QED) is 0.725. The lowest BCUT2D eigenvalue weighted by Crippen LogP contribution is -2.51. The minimum absolute atomic E-state index is 0.0159. The first-order chi connectivity index (χ1) is 10.1. The molecular weight excluding hydrogens is 290 g/mol. The van der Waals surface area contributed by atoms with E-state index in [-0.39, 0.29) is 12.1 Å². The summed E-state index contributed by atoms with van der Waals surface area (Å²) < 4.78 is 35.0. The average Bonchev–Trinajstić information content (AvgIpc) is 2.92. The van der Waals surface area contributed by atoms with Crippen molar-refractivity contribution in [3.05, 3.63) is 0 Å². The van der Waals surface area contributed by atoms with Gasteiger partial charge in [-0.05, 0) is 51.1 Å². The zero-order chi connectivity index (χ0) is 15.3. The Kier molecular flexibility index (Phi) is 6.43. The molecule has 0 spiro atoms. The van der Waals surface area contributed by atoms with Crippen molar-refractivity contribution in [2.75, 3.05) is 33.3 Å². The minimum Gasteiger partial charge on any atom is -0.380 e. The van der Waals surface area contributed by atoms with Gasteiger partial charge in [-0.3, -0.25) is 0 Å². The van der Waals surface area contributed by atoms with E-state index in [1.165, 1.54) is 0 Å². The second kappa shape index (κ2) is 7.87. The minimum atomic E-state index is -3.39. The Balaban J connectivity index is 1.92. The highest BCUT2D eigenvalue weighted by atomic mass is 32.2. The fourth-order valence-electron chi connectivity index (χ4n) is 3.37. The molecule has 0 bridgehead atoms. The van der Waals surface area contributed by atoms with Crippen LogP contribution in [0.25, 0.3) is 0 Å². The molecule has 1 aliphatic carbocycles. The molecule has 1 saturated heterocycles. The van der Waals surface area contributed by atoms with Crippen molar-refractivity contribution in [1.82, 2.24) is 14.3 Å². The molecule has 2 aliphatic rings. The maximum Gasteiger partial charge on any atom is 0.279 e. The van der Waals surface area contributed by atoms with Crippen molar-refractivity contribution in [3.63, 3.8) is 0 Å². The van der Waals surface area contributed by atoms with E-state index in [0.717, 1.165) is 45.2 Å². The van der Waals surface area contributed by atoms with E-state index in [4.69, 9.17) is 4.74 Å². The van der Waals surface area contributed by atoms with E-state index in [9.17, 15) is 8.42 Å². The van der Waals surface area contributed by atoms with E-state index in [0.29, 0.717) is 19.0 Å². The molecule has 3 unspecified atom stereocenters. The van der Waals surface area contributed by atoms with Crippen molar-refractivity contribution < 1.29 is 13.2 Å². The van der Waals surface area contributed by atoms with Crippen LogP contribution in [0.2, 0.25) is 0 Å². The molecular formula is C14H29N3O3S. The molecule has 0 aromatic heterocycles. The van der Waals surface area contributed by atoms with Gasteiger partial charge < -0.3 is 10.1 Å². The standard InChI is InChI=1S/C14H29N3O3S/c1-3-15-10-12-6-5-9-17(11-12)21(18,19)16-13-7-4-8-14(13)20-2/h12-16H,3-11H2,1-2H3. The lowest BCUT2D eigenvalue weighted by molar-refractivity contribution is 0.0908. The molecule has 2 N–H and O–H groups in total. The smallest absolute Gasteiger partial charge is 0.279 e. The summed E-state index contributed by atoms with van der Waals surface area (Å²) in [5, 5.41) is 3.32. The summed E-state index contributed by atoms with van der Waals surface area (Å²) in [7, 11) is -1.73. The fourth-order valence-corrected chi connectivity index (χ4v) is 4.95. The van der Waals surface area contributed by atoms with Crippen LogP contribution in [-0.4, -0.2) is 58.2 Å². The van der Waals surface area contributed by atoms with Gasteiger partial charge in [0.05, 0.1) is 6.10 Å². The molecule has 0 aromatic carbocycles. The monoisotopic (exact) mass is 319 g/mol. The SMILES string of the molecule is CCNCC1CCCN(S(=O)(=O)NC2CCCC2OC)C1. The normalized spacial score (nSPS) is 31.6. The molecule has 0 aromatic rings. The molecule has 7 heteroatoms. The third-order valence-electron chi connectivity index (χ3n) is 4.56.